The van der Waals surface area contributed by atoms with Gasteiger partial charge in [0.05, 0.1) is 15.5 Å². The van der Waals surface area contributed by atoms with E-state index in [-0.39, 0.29) is 10.6 Å². The van der Waals surface area contributed by atoms with Crippen LogP contribution in [0.5, 0.6) is 11.5 Å². The van der Waals surface area contributed by atoms with Crippen molar-refractivity contribution in [2.24, 2.45) is 0 Å². The number of benzene rings is 3. The number of para-hydroxylation sites is 3. The lowest BCUT2D eigenvalue weighted by Crippen LogP contribution is -2.27. The first kappa shape index (κ1) is 19.4. The van der Waals surface area contributed by atoms with Crippen LogP contribution < -0.4 is 9.04 Å². The molecule has 0 spiro atoms. The zero-order chi connectivity index (χ0) is 20.3. The number of hydrogen-bond donors (Lipinski definition) is 0. The molecule has 28 heavy (non-hydrogen) atoms. The zero-order valence-corrected chi connectivity index (χ0v) is 16.1. The van der Waals surface area contributed by atoms with Crippen molar-refractivity contribution < 1.29 is 18.1 Å². The van der Waals surface area contributed by atoms with E-state index in [0.29, 0.717) is 22.7 Å². The third-order valence-electron chi connectivity index (χ3n) is 4.21. The summed E-state index contributed by atoms with van der Waals surface area (Å²) in [6.45, 7) is 1.56. The standard InChI is InChI=1S/C20H18N2O5S/c1-15-12-13-17(14-19(15)22(23)24)28(25,26)21(2)18-10-6-7-11-20(18)27-16-8-4-3-5-9-16/h3-14H,1-2H3. The summed E-state index contributed by atoms with van der Waals surface area (Å²) in [7, 11) is -2.65. The average molecular weight is 398 g/mol. The third kappa shape index (κ3) is 3.81. The summed E-state index contributed by atoms with van der Waals surface area (Å²) in [5.41, 5.74) is 0.456. The Hall–Kier alpha value is -3.39. The monoisotopic (exact) mass is 398 g/mol. The molecular weight excluding hydrogens is 380 g/mol. The van der Waals surface area contributed by atoms with E-state index >= 15 is 0 Å². The van der Waals surface area contributed by atoms with Crippen molar-refractivity contribution >= 4 is 21.4 Å². The van der Waals surface area contributed by atoms with Crippen LogP contribution in [0, 0.1) is 17.0 Å². The molecule has 0 aromatic heterocycles. The van der Waals surface area contributed by atoms with Crippen molar-refractivity contribution in [3.8, 4) is 11.5 Å². The predicted octanol–water partition coefficient (Wildman–Crippen LogP) is 4.52. The fourth-order valence-electron chi connectivity index (χ4n) is 2.65. The van der Waals surface area contributed by atoms with Gasteiger partial charge in [0.25, 0.3) is 15.7 Å². The Kier molecular flexibility index (Phi) is 5.32. The molecule has 3 aromatic carbocycles. The van der Waals surface area contributed by atoms with E-state index in [1.165, 1.54) is 19.2 Å². The SMILES string of the molecule is Cc1ccc(S(=O)(=O)N(C)c2ccccc2Oc2ccccc2)cc1[N+](=O)[O-]. The maximum Gasteiger partial charge on any atom is 0.273 e. The first-order valence-corrected chi connectivity index (χ1v) is 9.80. The maximum atomic E-state index is 13.1. The molecule has 0 atom stereocenters. The molecule has 0 radical (unpaired) electrons. The smallest absolute Gasteiger partial charge is 0.273 e. The van der Waals surface area contributed by atoms with E-state index in [0.717, 1.165) is 10.4 Å². The van der Waals surface area contributed by atoms with Gasteiger partial charge in [-0.15, -0.1) is 0 Å². The number of rotatable bonds is 6. The van der Waals surface area contributed by atoms with E-state index in [2.05, 4.69) is 0 Å². The summed E-state index contributed by atoms with van der Waals surface area (Å²) in [5.74, 6) is 0.910. The highest BCUT2D eigenvalue weighted by atomic mass is 32.2. The van der Waals surface area contributed by atoms with Crippen molar-refractivity contribution in [2.75, 3.05) is 11.4 Å². The van der Waals surface area contributed by atoms with Gasteiger partial charge in [0, 0.05) is 18.7 Å². The van der Waals surface area contributed by atoms with Crippen LogP contribution in [0.3, 0.4) is 0 Å². The Morgan fingerprint density at radius 3 is 2.29 bits per heavy atom. The molecule has 0 N–H and O–H groups in total. The van der Waals surface area contributed by atoms with Gasteiger partial charge in [-0.05, 0) is 37.3 Å². The van der Waals surface area contributed by atoms with Gasteiger partial charge < -0.3 is 4.74 Å². The second-order valence-electron chi connectivity index (χ2n) is 6.06. The molecule has 3 aromatic rings. The topological polar surface area (TPSA) is 89.8 Å². The highest BCUT2D eigenvalue weighted by Gasteiger charge is 2.26. The Morgan fingerprint density at radius 2 is 1.61 bits per heavy atom. The molecule has 0 heterocycles. The molecule has 0 saturated heterocycles. The highest BCUT2D eigenvalue weighted by Crippen LogP contribution is 2.35. The number of hydrogen-bond acceptors (Lipinski definition) is 5. The van der Waals surface area contributed by atoms with Crippen LogP contribution >= 0.6 is 0 Å². The highest BCUT2D eigenvalue weighted by molar-refractivity contribution is 7.92. The van der Waals surface area contributed by atoms with Crippen molar-refractivity contribution in [1.29, 1.82) is 0 Å². The molecule has 0 aliphatic rings. The summed E-state index contributed by atoms with van der Waals surface area (Å²) in [6, 6.07) is 19.5. The van der Waals surface area contributed by atoms with Crippen molar-refractivity contribution in [3.05, 3.63) is 88.5 Å². The number of nitro benzene ring substituents is 1. The van der Waals surface area contributed by atoms with Gasteiger partial charge in [0.2, 0.25) is 0 Å². The fourth-order valence-corrected chi connectivity index (χ4v) is 3.88. The Balaban J connectivity index is 2.01. The van der Waals surface area contributed by atoms with Crippen LogP contribution in [0.4, 0.5) is 11.4 Å². The van der Waals surface area contributed by atoms with E-state index in [4.69, 9.17) is 4.74 Å². The van der Waals surface area contributed by atoms with Crippen LogP contribution in [0.15, 0.2) is 77.7 Å². The number of ether oxygens (including phenoxy) is 1. The third-order valence-corrected chi connectivity index (χ3v) is 5.98. The minimum Gasteiger partial charge on any atom is -0.455 e. The molecular formula is C20H18N2O5S. The first-order chi connectivity index (χ1) is 13.3. The summed E-state index contributed by atoms with van der Waals surface area (Å²) >= 11 is 0. The molecule has 0 saturated carbocycles. The van der Waals surface area contributed by atoms with Crippen LogP contribution in [0.2, 0.25) is 0 Å². The summed E-state index contributed by atoms with van der Waals surface area (Å²) in [4.78, 5) is 10.4. The molecule has 0 aliphatic heterocycles. The number of nitrogens with zero attached hydrogens (tertiary/aromatic N) is 2. The second-order valence-corrected chi connectivity index (χ2v) is 8.03. The van der Waals surface area contributed by atoms with Crippen LogP contribution in [-0.2, 0) is 10.0 Å². The number of sulfonamides is 1. The van der Waals surface area contributed by atoms with Crippen molar-refractivity contribution in [3.63, 3.8) is 0 Å². The van der Waals surface area contributed by atoms with E-state index in [1.54, 1.807) is 43.3 Å². The normalized spacial score (nSPS) is 11.1. The van der Waals surface area contributed by atoms with E-state index in [9.17, 15) is 18.5 Å². The number of aryl methyl sites for hydroxylation is 1. The molecule has 0 unspecified atom stereocenters. The molecule has 0 aliphatic carbocycles. The van der Waals surface area contributed by atoms with Gasteiger partial charge in [-0.2, -0.15) is 0 Å². The van der Waals surface area contributed by atoms with E-state index < -0.39 is 14.9 Å². The largest absolute Gasteiger partial charge is 0.455 e. The van der Waals surface area contributed by atoms with Crippen molar-refractivity contribution in [1.82, 2.24) is 0 Å². The minimum atomic E-state index is -4.03. The molecule has 8 heteroatoms. The lowest BCUT2D eigenvalue weighted by atomic mass is 10.2. The van der Waals surface area contributed by atoms with Gasteiger partial charge in [0.1, 0.15) is 5.75 Å². The summed E-state index contributed by atoms with van der Waals surface area (Å²) < 4.78 is 33.0. The summed E-state index contributed by atoms with van der Waals surface area (Å²) in [5, 5.41) is 11.2. The van der Waals surface area contributed by atoms with Gasteiger partial charge in [-0.1, -0.05) is 36.4 Å². The fraction of sp³-hybridized carbons (Fsp3) is 0.100. The number of anilines is 1. The predicted molar refractivity (Wildman–Crippen MR) is 106 cm³/mol. The summed E-state index contributed by atoms with van der Waals surface area (Å²) in [6.07, 6.45) is 0. The van der Waals surface area contributed by atoms with Gasteiger partial charge in [0.15, 0.2) is 5.75 Å². The van der Waals surface area contributed by atoms with Crippen LogP contribution in [-0.4, -0.2) is 20.4 Å². The molecule has 3 rings (SSSR count). The van der Waals surface area contributed by atoms with Gasteiger partial charge in [-0.25, -0.2) is 8.42 Å². The van der Waals surface area contributed by atoms with Crippen LogP contribution in [0.1, 0.15) is 5.56 Å². The molecule has 0 fully saturated rings. The minimum absolute atomic E-state index is 0.165. The van der Waals surface area contributed by atoms with E-state index in [1.807, 2.05) is 18.2 Å². The van der Waals surface area contributed by atoms with Crippen LogP contribution in [0.25, 0.3) is 0 Å². The van der Waals surface area contributed by atoms with Gasteiger partial charge in [-0.3, -0.25) is 14.4 Å². The van der Waals surface area contributed by atoms with Gasteiger partial charge >= 0.3 is 0 Å². The lowest BCUT2D eigenvalue weighted by molar-refractivity contribution is -0.385. The quantitative estimate of drug-likeness (QED) is 0.450. The average Bonchev–Trinajstić information content (AvgIpc) is 2.68. The number of nitro groups is 1. The van der Waals surface area contributed by atoms with Crippen molar-refractivity contribution in [2.45, 2.75) is 11.8 Å². The Bertz CT molecular complexity index is 1110. The first-order valence-electron chi connectivity index (χ1n) is 8.36. The Morgan fingerprint density at radius 1 is 0.964 bits per heavy atom. The molecule has 144 valence electrons. The molecule has 0 amide bonds. The zero-order valence-electron chi connectivity index (χ0n) is 15.3. The maximum absolute atomic E-state index is 13.1. The lowest BCUT2D eigenvalue weighted by Gasteiger charge is -2.22. The second kappa shape index (κ2) is 7.69. The molecule has 0 bridgehead atoms. The molecule has 7 nitrogen and oxygen atoms in total. The Labute approximate surface area is 163 Å².